The van der Waals surface area contributed by atoms with E-state index in [0.717, 1.165) is 79.7 Å². The molecule has 1 fully saturated rings. The number of benzene rings is 2. The summed E-state index contributed by atoms with van der Waals surface area (Å²) >= 11 is 0. The summed E-state index contributed by atoms with van der Waals surface area (Å²) in [6, 6.07) is 19.4. The van der Waals surface area contributed by atoms with Gasteiger partial charge in [0, 0.05) is 37.6 Å². The Morgan fingerprint density at radius 2 is 1.20 bits per heavy atom. The molecule has 4 nitrogen and oxygen atoms in total. The highest BCUT2D eigenvalue weighted by atomic mass is 15.1. The fourth-order valence-electron chi connectivity index (χ4n) is 5.12. The van der Waals surface area contributed by atoms with E-state index in [1.54, 1.807) is 0 Å². The summed E-state index contributed by atoms with van der Waals surface area (Å²) in [5, 5.41) is 9.67. The van der Waals surface area contributed by atoms with E-state index >= 15 is 0 Å². The van der Waals surface area contributed by atoms with Crippen molar-refractivity contribution in [2.75, 3.05) is 36.0 Å². The molecule has 0 aliphatic heterocycles. The number of nitriles is 1. The van der Waals surface area contributed by atoms with E-state index in [9.17, 15) is 5.26 Å². The fraction of sp³-hybridized carbons (Fsp3) is 0.333. The summed E-state index contributed by atoms with van der Waals surface area (Å²) < 4.78 is 0. The van der Waals surface area contributed by atoms with Gasteiger partial charge in [0.15, 0.2) is 0 Å². The Labute approximate surface area is 241 Å². The van der Waals surface area contributed by atoms with Crippen LogP contribution in [0.25, 0.3) is 17.0 Å². The first-order chi connectivity index (χ1) is 19.6. The van der Waals surface area contributed by atoms with Crippen LogP contribution >= 0.6 is 0 Å². The molecule has 0 N–H and O–H groups in total. The van der Waals surface area contributed by atoms with Crippen molar-refractivity contribution in [1.82, 2.24) is 0 Å². The van der Waals surface area contributed by atoms with Gasteiger partial charge in [-0.1, -0.05) is 74.6 Å². The molecule has 2 aromatic carbocycles. The molecule has 0 bridgehead atoms. The Morgan fingerprint density at radius 3 is 1.52 bits per heavy atom. The molecule has 40 heavy (non-hydrogen) atoms. The van der Waals surface area contributed by atoms with E-state index in [4.69, 9.17) is 6.57 Å². The number of nitrogens with zero attached hydrogens (tertiary/aromatic N) is 4. The highest BCUT2D eigenvalue weighted by molar-refractivity contribution is 5.64. The zero-order valence-corrected chi connectivity index (χ0v) is 24.5. The second-order valence-electron chi connectivity index (χ2n) is 9.89. The van der Waals surface area contributed by atoms with Crippen LogP contribution in [0, 0.1) is 17.9 Å². The van der Waals surface area contributed by atoms with Crippen LogP contribution in [0.4, 0.5) is 11.4 Å². The molecule has 206 valence electrons. The quantitative estimate of drug-likeness (QED) is 0.203. The number of anilines is 2. The molecule has 0 aromatic heterocycles. The third-order valence-electron chi connectivity index (χ3n) is 7.20. The van der Waals surface area contributed by atoms with Crippen molar-refractivity contribution in [3.05, 3.63) is 118 Å². The van der Waals surface area contributed by atoms with Gasteiger partial charge in [0.05, 0.1) is 12.6 Å². The summed E-state index contributed by atoms with van der Waals surface area (Å²) in [7, 11) is 0. The van der Waals surface area contributed by atoms with Crippen molar-refractivity contribution < 1.29 is 0 Å². The first-order valence-electron chi connectivity index (χ1n) is 14.5. The van der Waals surface area contributed by atoms with Gasteiger partial charge in [0.25, 0.3) is 5.70 Å². The molecule has 1 aliphatic rings. The summed E-state index contributed by atoms with van der Waals surface area (Å²) in [4.78, 5) is 8.31. The van der Waals surface area contributed by atoms with Gasteiger partial charge in [-0.15, -0.1) is 0 Å². The van der Waals surface area contributed by atoms with Gasteiger partial charge >= 0.3 is 0 Å². The Morgan fingerprint density at radius 1 is 0.775 bits per heavy atom. The van der Waals surface area contributed by atoms with Gasteiger partial charge < -0.3 is 9.80 Å². The molecule has 0 radical (unpaired) electrons. The minimum Gasteiger partial charge on any atom is -0.372 e. The van der Waals surface area contributed by atoms with Crippen molar-refractivity contribution in [3.8, 4) is 6.07 Å². The van der Waals surface area contributed by atoms with Gasteiger partial charge in [-0.2, -0.15) is 0 Å². The topological polar surface area (TPSA) is 34.6 Å². The number of rotatable bonds is 12. The lowest BCUT2D eigenvalue weighted by Crippen LogP contribution is -2.23. The normalized spacial score (nSPS) is 15.2. The molecule has 0 spiro atoms. The van der Waals surface area contributed by atoms with Crippen LogP contribution in [0.3, 0.4) is 0 Å². The molecular formula is C36H42N4. The summed E-state index contributed by atoms with van der Waals surface area (Å²) in [6.45, 7) is 20.5. The minimum absolute atomic E-state index is 0.164. The summed E-state index contributed by atoms with van der Waals surface area (Å²) in [5.41, 5.74) is 7.78. The Kier molecular flexibility index (Phi) is 12.1. The Bertz CT molecular complexity index is 1240. The summed E-state index contributed by atoms with van der Waals surface area (Å²) in [6.07, 6.45) is 16.2. The van der Waals surface area contributed by atoms with Crippen molar-refractivity contribution >= 4 is 23.5 Å². The van der Waals surface area contributed by atoms with Crippen LogP contribution in [0.2, 0.25) is 0 Å². The molecule has 1 aliphatic carbocycles. The smallest absolute Gasteiger partial charge is 0.269 e. The average Bonchev–Trinajstić information content (AvgIpc) is 3.38. The lowest BCUT2D eigenvalue weighted by atomic mass is 10.0. The van der Waals surface area contributed by atoms with Gasteiger partial charge in [-0.05, 0) is 91.6 Å². The molecule has 1 saturated carbocycles. The lowest BCUT2D eigenvalue weighted by Gasteiger charge is -2.22. The van der Waals surface area contributed by atoms with Gasteiger partial charge in [0.1, 0.15) is 0 Å². The van der Waals surface area contributed by atoms with Crippen LogP contribution in [0.5, 0.6) is 0 Å². The predicted octanol–water partition coefficient (Wildman–Crippen LogP) is 9.23. The first-order valence-corrected chi connectivity index (χ1v) is 14.5. The van der Waals surface area contributed by atoms with E-state index in [-0.39, 0.29) is 5.70 Å². The largest absolute Gasteiger partial charge is 0.372 e. The summed E-state index contributed by atoms with van der Waals surface area (Å²) in [5.74, 6) is 0. The molecule has 4 heteroatoms. The molecule has 0 atom stereocenters. The maximum Gasteiger partial charge on any atom is 0.269 e. The Hall–Kier alpha value is -4.28. The first kappa shape index (κ1) is 30.3. The van der Waals surface area contributed by atoms with E-state index in [1.807, 2.05) is 12.2 Å². The number of hydrogen-bond donors (Lipinski definition) is 0. The second kappa shape index (κ2) is 16.0. The molecule has 2 aromatic rings. The third-order valence-corrected chi connectivity index (χ3v) is 7.20. The van der Waals surface area contributed by atoms with E-state index in [2.05, 4.69) is 121 Å². The van der Waals surface area contributed by atoms with E-state index < -0.39 is 0 Å². The van der Waals surface area contributed by atoms with Crippen molar-refractivity contribution in [2.45, 2.75) is 53.4 Å². The zero-order chi connectivity index (χ0) is 28.7. The minimum atomic E-state index is 0.164. The molecular weight excluding hydrogens is 488 g/mol. The van der Waals surface area contributed by atoms with Crippen molar-refractivity contribution in [2.24, 2.45) is 0 Å². The third kappa shape index (κ3) is 8.11. The SMILES string of the molecule is [C-]#[N+]C(C#N)=C1/C(=C/C=C/c2ccc(N(CC)CCC)cc2)CC/C1=C\C=C\c1ccc(N(CC)CCC)cc1. The second-order valence-corrected chi connectivity index (χ2v) is 9.89. The standard InChI is InChI=1S/C36H42N4/c1-6-26-39(8-3)33-22-16-29(17-23-33)12-10-14-31-20-21-32(36(31)35(28-37)38-5)15-11-13-30-18-24-34(25-19-30)40(9-4)27-7-2/h10-19,22-25H,6-9,20-21,26-27H2,1-4H3/b12-10+,13-11+,31-14+,32-15+. The molecule has 0 unspecified atom stereocenters. The maximum absolute atomic E-state index is 9.67. The maximum atomic E-state index is 9.67. The molecule has 0 heterocycles. The molecule has 0 saturated heterocycles. The van der Waals surface area contributed by atoms with Crippen LogP contribution in [0.1, 0.15) is 64.5 Å². The Balaban J connectivity index is 1.76. The van der Waals surface area contributed by atoms with E-state index in [1.165, 1.54) is 11.4 Å². The predicted molar refractivity (Wildman–Crippen MR) is 172 cm³/mol. The van der Waals surface area contributed by atoms with Gasteiger partial charge in [0.2, 0.25) is 0 Å². The highest BCUT2D eigenvalue weighted by Crippen LogP contribution is 2.38. The van der Waals surface area contributed by atoms with Crippen molar-refractivity contribution in [1.29, 1.82) is 5.26 Å². The van der Waals surface area contributed by atoms with Gasteiger partial charge in [-0.25, -0.2) is 10.1 Å². The zero-order valence-electron chi connectivity index (χ0n) is 24.5. The monoisotopic (exact) mass is 530 g/mol. The lowest BCUT2D eigenvalue weighted by molar-refractivity contribution is 0.792. The number of allylic oxidation sites excluding steroid dienone is 8. The molecule has 0 amide bonds. The van der Waals surface area contributed by atoms with Crippen molar-refractivity contribution in [3.63, 3.8) is 0 Å². The average molecular weight is 531 g/mol. The van der Waals surface area contributed by atoms with Crippen LogP contribution in [-0.4, -0.2) is 26.2 Å². The van der Waals surface area contributed by atoms with E-state index in [0.29, 0.717) is 0 Å². The number of hydrogen-bond acceptors (Lipinski definition) is 3. The fourth-order valence-corrected chi connectivity index (χ4v) is 5.12. The van der Waals surface area contributed by atoms with Crippen LogP contribution < -0.4 is 9.80 Å². The van der Waals surface area contributed by atoms with Crippen LogP contribution in [0.15, 0.2) is 95.3 Å². The molecule has 3 rings (SSSR count). The van der Waals surface area contributed by atoms with Crippen LogP contribution in [-0.2, 0) is 0 Å². The van der Waals surface area contributed by atoms with Gasteiger partial charge in [-0.3, -0.25) is 0 Å². The highest BCUT2D eigenvalue weighted by Gasteiger charge is 2.22.